The number of ether oxygens (including phenoxy) is 1. The second kappa shape index (κ2) is 6.80. The van der Waals surface area contributed by atoms with E-state index in [1.807, 2.05) is 0 Å². The van der Waals surface area contributed by atoms with Gasteiger partial charge in [-0.2, -0.15) is 0 Å². The Labute approximate surface area is 143 Å². The molecule has 2 aromatic heterocycles. The first kappa shape index (κ1) is 16.7. The summed E-state index contributed by atoms with van der Waals surface area (Å²) in [5.74, 6) is -0.473. The molecule has 0 aliphatic carbocycles. The number of aromatic amines is 1. The second-order valence-electron chi connectivity index (χ2n) is 5.90. The predicted molar refractivity (Wildman–Crippen MR) is 91.4 cm³/mol. The van der Waals surface area contributed by atoms with Crippen LogP contribution < -0.4 is 21.2 Å². The fourth-order valence-electron chi connectivity index (χ4n) is 2.87. The smallest absolute Gasteiger partial charge is 0.322 e. The number of piperidine rings is 1. The molecule has 1 atom stereocenters. The van der Waals surface area contributed by atoms with Crippen molar-refractivity contribution < 1.29 is 14.3 Å². The average molecular weight is 345 g/mol. The van der Waals surface area contributed by atoms with Crippen molar-refractivity contribution in [2.24, 2.45) is 11.7 Å². The molecule has 0 unspecified atom stereocenters. The Morgan fingerprint density at radius 3 is 2.96 bits per heavy atom. The van der Waals surface area contributed by atoms with Crippen molar-refractivity contribution >= 4 is 28.7 Å². The summed E-state index contributed by atoms with van der Waals surface area (Å²) >= 11 is 0. The zero-order valence-corrected chi connectivity index (χ0v) is 13.7. The molecule has 3 heterocycles. The largest absolute Gasteiger partial charge is 0.481 e. The van der Waals surface area contributed by atoms with Crippen molar-refractivity contribution in [1.29, 1.82) is 0 Å². The number of urea groups is 1. The van der Waals surface area contributed by atoms with Gasteiger partial charge in [-0.1, -0.05) is 0 Å². The van der Waals surface area contributed by atoms with Gasteiger partial charge in [0.1, 0.15) is 11.2 Å². The number of rotatable bonds is 3. The number of pyridine rings is 2. The summed E-state index contributed by atoms with van der Waals surface area (Å²) < 4.78 is 5.02. The van der Waals surface area contributed by atoms with Gasteiger partial charge >= 0.3 is 6.03 Å². The number of aromatic nitrogens is 2. The molecule has 0 aromatic carbocycles. The Morgan fingerprint density at radius 2 is 2.24 bits per heavy atom. The molecule has 1 saturated heterocycles. The lowest BCUT2D eigenvalue weighted by Crippen LogP contribution is -2.46. The van der Waals surface area contributed by atoms with E-state index in [4.69, 9.17) is 10.5 Å². The number of primary amides is 1. The minimum absolute atomic E-state index is 0.0828. The normalized spacial score (nSPS) is 17.3. The van der Waals surface area contributed by atoms with E-state index >= 15 is 0 Å². The standard InChI is InChI=1S/C16H19N5O4/c1-25-12-5-4-10-13(20-12)14(22)11(7-18-10)19-16(24)21-6-2-3-9(8-21)15(17)23/h4-5,7,9H,2-3,6,8H2,1H3,(H2,17,23)(H,18,22)(H,19,24)/t9-/m0/s1. The Balaban J connectivity index is 1.82. The summed E-state index contributed by atoms with van der Waals surface area (Å²) in [6.07, 6.45) is 2.78. The monoisotopic (exact) mass is 345 g/mol. The Bertz CT molecular complexity index is 878. The van der Waals surface area contributed by atoms with Gasteiger partial charge in [0.05, 0.1) is 18.5 Å². The molecule has 3 rings (SSSR count). The lowest BCUT2D eigenvalue weighted by atomic mass is 9.98. The number of H-pyrrole nitrogens is 1. The molecule has 1 fully saturated rings. The van der Waals surface area contributed by atoms with E-state index in [0.29, 0.717) is 30.8 Å². The van der Waals surface area contributed by atoms with Gasteiger partial charge in [0.25, 0.3) is 0 Å². The maximum atomic E-state index is 12.5. The number of nitrogens with one attached hydrogen (secondary N) is 2. The summed E-state index contributed by atoms with van der Waals surface area (Å²) in [5, 5.41) is 2.58. The minimum atomic E-state index is -0.446. The molecule has 4 N–H and O–H groups in total. The van der Waals surface area contributed by atoms with Gasteiger partial charge < -0.3 is 25.7 Å². The van der Waals surface area contributed by atoms with Gasteiger partial charge in [-0.3, -0.25) is 9.59 Å². The third-order valence-electron chi connectivity index (χ3n) is 4.26. The van der Waals surface area contributed by atoms with Crippen LogP contribution in [0.15, 0.2) is 23.1 Å². The van der Waals surface area contributed by atoms with Crippen LogP contribution in [0.3, 0.4) is 0 Å². The van der Waals surface area contributed by atoms with E-state index in [-0.39, 0.29) is 23.7 Å². The number of carbonyl (C=O) groups is 2. The molecule has 25 heavy (non-hydrogen) atoms. The van der Waals surface area contributed by atoms with Crippen LogP contribution in [-0.2, 0) is 4.79 Å². The molecule has 3 amide bonds. The van der Waals surface area contributed by atoms with Crippen molar-refractivity contribution in [3.8, 4) is 5.88 Å². The maximum Gasteiger partial charge on any atom is 0.322 e. The number of anilines is 1. The molecule has 0 saturated carbocycles. The molecule has 9 nitrogen and oxygen atoms in total. The highest BCUT2D eigenvalue weighted by Crippen LogP contribution is 2.18. The third-order valence-corrected chi connectivity index (χ3v) is 4.26. The highest BCUT2D eigenvalue weighted by molar-refractivity contribution is 5.91. The molecule has 1 aliphatic heterocycles. The first-order valence-corrected chi connectivity index (χ1v) is 7.91. The number of methoxy groups -OCH3 is 1. The lowest BCUT2D eigenvalue weighted by Gasteiger charge is -2.31. The molecule has 2 aromatic rings. The number of hydrogen-bond acceptors (Lipinski definition) is 5. The summed E-state index contributed by atoms with van der Waals surface area (Å²) in [4.78, 5) is 44.8. The lowest BCUT2D eigenvalue weighted by molar-refractivity contribution is -0.123. The van der Waals surface area contributed by atoms with Crippen LogP contribution in [0.2, 0.25) is 0 Å². The van der Waals surface area contributed by atoms with Crippen LogP contribution in [0.25, 0.3) is 11.0 Å². The van der Waals surface area contributed by atoms with Crippen LogP contribution in [0.5, 0.6) is 5.88 Å². The number of nitrogens with zero attached hydrogens (tertiary/aromatic N) is 2. The van der Waals surface area contributed by atoms with E-state index in [2.05, 4.69) is 15.3 Å². The Hall–Kier alpha value is -3.10. The van der Waals surface area contributed by atoms with Gasteiger partial charge in [0, 0.05) is 25.4 Å². The number of likely N-dealkylation sites (tertiary alicyclic amines) is 1. The van der Waals surface area contributed by atoms with Crippen LogP contribution in [0, 0.1) is 5.92 Å². The molecule has 0 bridgehead atoms. The second-order valence-corrected chi connectivity index (χ2v) is 5.90. The number of carbonyl (C=O) groups excluding carboxylic acids is 2. The number of amides is 3. The molecule has 0 radical (unpaired) electrons. The van der Waals surface area contributed by atoms with Crippen molar-refractivity contribution in [2.75, 3.05) is 25.5 Å². The number of hydrogen-bond donors (Lipinski definition) is 3. The van der Waals surface area contributed by atoms with Crippen molar-refractivity contribution in [1.82, 2.24) is 14.9 Å². The highest BCUT2D eigenvalue weighted by Gasteiger charge is 2.27. The molecular formula is C16H19N5O4. The van der Waals surface area contributed by atoms with Gasteiger partial charge in [0.2, 0.25) is 17.2 Å². The van der Waals surface area contributed by atoms with Gasteiger partial charge in [0.15, 0.2) is 0 Å². The summed E-state index contributed by atoms with van der Waals surface area (Å²) in [5.41, 5.74) is 5.70. The molecule has 132 valence electrons. The Morgan fingerprint density at radius 1 is 1.44 bits per heavy atom. The quantitative estimate of drug-likeness (QED) is 0.752. The van der Waals surface area contributed by atoms with Gasteiger partial charge in [-0.15, -0.1) is 0 Å². The van der Waals surface area contributed by atoms with Crippen molar-refractivity contribution in [3.63, 3.8) is 0 Å². The molecule has 9 heteroatoms. The van der Waals surface area contributed by atoms with E-state index in [9.17, 15) is 14.4 Å². The molecule has 0 spiro atoms. The third kappa shape index (κ3) is 3.39. The Kier molecular flexibility index (Phi) is 4.55. The first-order valence-electron chi connectivity index (χ1n) is 7.91. The fraction of sp³-hybridized carbons (Fsp3) is 0.375. The number of nitrogens with two attached hydrogens (primary N) is 1. The zero-order valence-electron chi connectivity index (χ0n) is 13.7. The average Bonchev–Trinajstić information content (AvgIpc) is 2.63. The van der Waals surface area contributed by atoms with Crippen molar-refractivity contribution in [3.05, 3.63) is 28.6 Å². The van der Waals surface area contributed by atoms with E-state index in [1.54, 1.807) is 12.1 Å². The highest BCUT2D eigenvalue weighted by atomic mass is 16.5. The van der Waals surface area contributed by atoms with Crippen LogP contribution in [-0.4, -0.2) is 47.0 Å². The topological polar surface area (TPSA) is 130 Å². The van der Waals surface area contributed by atoms with Crippen LogP contribution in [0.4, 0.5) is 10.5 Å². The van der Waals surface area contributed by atoms with E-state index < -0.39 is 17.4 Å². The SMILES string of the molecule is COc1ccc2[nH]cc(NC(=O)N3CCC[C@H](C(N)=O)C3)c(=O)c2n1. The summed E-state index contributed by atoms with van der Waals surface area (Å²) in [7, 11) is 1.46. The fourth-order valence-corrected chi connectivity index (χ4v) is 2.87. The number of fused-ring (bicyclic) bond motifs is 1. The van der Waals surface area contributed by atoms with Crippen LogP contribution in [0.1, 0.15) is 12.8 Å². The molecule has 1 aliphatic rings. The maximum absolute atomic E-state index is 12.5. The zero-order chi connectivity index (χ0) is 18.0. The minimum Gasteiger partial charge on any atom is -0.481 e. The van der Waals surface area contributed by atoms with Gasteiger partial charge in [-0.25, -0.2) is 9.78 Å². The summed E-state index contributed by atoms with van der Waals surface area (Å²) in [6, 6.07) is 2.86. The predicted octanol–water partition coefficient (Wildman–Crippen LogP) is 0.661. The first-order chi connectivity index (χ1) is 12.0. The summed E-state index contributed by atoms with van der Waals surface area (Å²) in [6.45, 7) is 0.756. The van der Waals surface area contributed by atoms with Crippen LogP contribution >= 0.6 is 0 Å². The molecular weight excluding hydrogens is 326 g/mol. The van der Waals surface area contributed by atoms with Gasteiger partial charge in [-0.05, 0) is 18.9 Å². The van der Waals surface area contributed by atoms with E-state index in [0.717, 1.165) is 0 Å². The van der Waals surface area contributed by atoms with E-state index in [1.165, 1.54) is 18.2 Å². The van der Waals surface area contributed by atoms with Crippen molar-refractivity contribution in [2.45, 2.75) is 12.8 Å².